The molecule has 1 aliphatic heterocycles. The minimum atomic E-state index is 0.411. The van der Waals surface area contributed by atoms with E-state index in [9.17, 15) is 0 Å². The maximum atomic E-state index is 5.93. The summed E-state index contributed by atoms with van der Waals surface area (Å²) in [4.78, 5) is 2.54. The van der Waals surface area contributed by atoms with Gasteiger partial charge in [0, 0.05) is 12.6 Å². The van der Waals surface area contributed by atoms with E-state index in [0.717, 1.165) is 12.5 Å². The van der Waals surface area contributed by atoms with E-state index in [2.05, 4.69) is 42.2 Å². The SMILES string of the molecule is CC1CCN([C@@H](CN)c2ccccc2)CC1. The lowest BCUT2D eigenvalue weighted by Crippen LogP contribution is -2.39. The van der Waals surface area contributed by atoms with E-state index in [1.807, 2.05) is 0 Å². The van der Waals surface area contributed by atoms with E-state index in [1.165, 1.54) is 31.5 Å². The van der Waals surface area contributed by atoms with Crippen LogP contribution in [0.5, 0.6) is 0 Å². The molecule has 1 heterocycles. The number of nitrogens with zero attached hydrogens (tertiary/aromatic N) is 1. The third-order valence-corrected chi connectivity index (χ3v) is 3.67. The molecule has 0 bridgehead atoms. The Morgan fingerprint density at radius 2 is 1.88 bits per heavy atom. The summed E-state index contributed by atoms with van der Waals surface area (Å²) < 4.78 is 0. The molecule has 0 radical (unpaired) electrons. The fourth-order valence-electron chi connectivity index (χ4n) is 2.51. The van der Waals surface area contributed by atoms with Crippen LogP contribution in [0.15, 0.2) is 30.3 Å². The Balaban J connectivity index is 2.05. The van der Waals surface area contributed by atoms with Crippen molar-refractivity contribution in [2.45, 2.75) is 25.8 Å². The van der Waals surface area contributed by atoms with E-state index >= 15 is 0 Å². The summed E-state index contributed by atoms with van der Waals surface area (Å²) in [6.45, 7) is 5.45. The Bertz CT molecular complexity index is 302. The molecule has 0 aliphatic carbocycles. The van der Waals surface area contributed by atoms with Crippen LogP contribution in [0, 0.1) is 5.92 Å². The van der Waals surface area contributed by atoms with Crippen molar-refractivity contribution < 1.29 is 0 Å². The van der Waals surface area contributed by atoms with Crippen LogP contribution < -0.4 is 5.73 Å². The Morgan fingerprint density at radius 3 is 2.44 bits per heavy atom. The van der Waals surface area contributed by atoms with E-state index in [4.69, 9.17) is 5.73 Å². The molecule has 88 valence electrons. The molecule has 16 heavy (non-hydrogen) atoms. The molecule has 2 N–H and O–H groups in total. The molecule has 1 aromatic rings. The summed E-state index contributed by atoms with van der Waals surface area (Å²) in [5.74, 6) is 0.880. The number of likely N-dealkylation sites (tertiary alicyclic amines) is 1. The molecule has 0 unspecified atom stereocenters. The Kier molecular flexibility index (Phi) is 3.97. The average molecular weight is 218 g/mol. The van der Waals surface area contributed by atoms with Gasteiger partial charge < -0.3 is 5.73 Å². The van der Waals surface area contributed by atoms with Gasteiger partial charge in [-0.1, -0.05) is 37.3 Å². The van der Waals surface area contributed by atoms with Gasteiger partial charge in [-0.25, -0.2) is 0 Å². The number of nitrogens with two attached hydrogens (primary N) is 1. The quantitative estimate of drug-likeness (QED) is 0.844. The molecular weight excluding hydrogens is 196 g/mol. The minimum absolute atomic E-state index is 0.411. The van der Waals surface area contributed by atoms with Gasteiger partial charge in [0.2, 0.25) is 0 Å². The number of piperidine rings is 1. The zero-order chi connectivity index (χ0) is 11.4. The van der Waals surface area contributed by atoms with Gasteiger partial charge in [0.15, 0.2) is 0 Å². The first kappa shape index (κ1) is 11.6. The number of hydrogen-bond acceptors (Lipinski definition) is 2. The molecule has 0 amide bonds. The maximum absolute atomic E-state index is 5.93. The summed E-state index contributed by atoms with van der Waals surface area (Å²) in [5.41, 5.74) is 7.29. The average Bonchev–Trinajstić information content (AvgIpc) is 2.34. The van der Waals surface area contributed by atoms with Crippen LogP contribution in [-0.2, 0) is 0 Å². The summed E-state index contributed by atoms with van der Waals surface area (Å²) in [5, 5.41) is 0. The predicted octanol–water partition coefficient (Wildman–Crippen LogP) is 2.42. The van der Waals surface area contributed by atoms with Crippen molar-refractivity contribution >= 4 is 0 Å². The largest absolute Gasteiger partial charge is 0.329 e. The monoisotopic (exact) mass is 218 g/mol. The number of hydrogen-bond donors (Lipinski definition) is 1. The first-order valence-corrected chi connectivity index (χ1v) is 6.30. The third-order valence-electron chi connectivity index (χ3n) is 3.67. The highest BCUT2D eigenvalue weighted by Crippen LogP contribution is 2.25. The van der Waals surface area contributed by atoms with Gasteiger partial charge in [0.25, 0.3) is 0 Å². The summed E-state index contributed by atoms with van der Waals surface area (Å²) in [7, 11) is 0. The smallest absolute Gasteiger partial charge is 0.0470 e. The number of rotatable bonds is 3. The topological polar surface area (TPSA) is 29.3 Å². The van der Waals surface area contributed by atoms with Crippen molar-refractivity contribution in [3.63, 3.8) is 0 Å². The summed E-state index contributed by atoms with van der Waals surface area (Å²) in [6.07, 6.45) is 2.62. The first-order valence-electron chi connectivity index (χ1n) is 6.30. The molecule has 1 saturated heterocycles. The van der Waals surface area contributed by atoms with E-state index < -0.39 is 0 Å². The van der Waals surface area contributed by atoms with E-state index in [0.29, 0.717) is 6.04 Å². The molecule has 1 atom stereocenters. The van der Waals surface area contributed by atoms with Crippen LogP contribution in [0.3, 0.4) is 0 Å². The number of benzene rings is 1. The molecule has 0 aromatic heterocycles. The second kappa shape index (κ2) is 5.46. The second-order valence-corrected chi connectivity index (χ2v) is 4.88. The lowest BCUT2D eigenvalue weighted by atomic mass is 9.96. The first-order chi connectivity index (χ1) is 7.81. The van der Waals surface area contributed by atoms with Crippen molar-refractivity contribution in [2.75, 3.05) is 19.6 Å². The zero-order valence-electron chi connectivity index (χ0n) is 10.1. The standard InChI is InChI=1S/C14H22N2/c1-12-7-9-16(10-8-12)14(11-15)13-5-3-2-4-6-13/h2-6,12,14H,7-11,15H2,1H3/t14-/m0/s1. The second-order valence-electron chi connectivity index (χ2n) is 4.88. The van der Waals surface area contributed by atoms with Crippen molar-refractivity contribution in [1.82, 2.24) is 4.90 Å². The normalized spacial score (nSPS) is 20.9. The highest BCUT2D eigenvalue weighted by atomic mass is 15.2. The van der Waals surface area contributed by atoms with Gasteiger partial charge in [-0.3, -0.25) is 4.90 Å². The van der Waals surface area contributed by atoms with Gasteiger partial charge in [-0.15, -0.1) is 0 Å². The Hall–Kier alpha value is -0.860. The molecule has 1 aliphatic rings. The van der Waals surface area contributed by atoms with Crippen LogP contribution >= 0.6 is 0 Å². The van der Waals surface area contributed by atoms with Crippen LogP contribution in [0.2, 0.25) is 0 Å². The molecule has 1 aromatic carbocycles. The van der Waals surface area contributed by atoms with Crippen LogP contribution in [0.25, 0.3) is 0 Å². The molecule has 2 heteroatoms. The summed E-state index contributed by atoms with van der Waals surface area (Å²) >= 11 is 0. The fraction of sp³-hybridized carbons (Fsp3) is 0.571. The van der Waals surface area contributed by atoms with E-state index in [-0.39, 0.29) is 0 Å². The van der Waals surface area contributed by atoms with Crippen molar-refractivity contribution in [3.05, 3.63) is 35.9 Å². The lowest BCUT2D eigenvalue weighted by molar-refractivity contribution is 0.141. The Morgan fingerprint density at radius 1 is 1.25 bits per heavy atom. The van der Waals surface area contributed by atoms with Crippen molar-refractivity contribution in [1.29, 1.82) is 0 Å². The van der Waals surface area contributed by atoms with Gasteiger partial charge in [0.1, 0.15) is 0 Å². The molecule has 0 spiro atoms. The minimum Gasteiger partial charge on any atom is -0.329 e. The fourth-order valence-corrected chi connectivity index (χ4v) is 2.51. The van der Waals surface area contributed by atoms with Crippen LogP contribution in [-0.4, -0.2) is 24.5 Å². The van der Waals surface area contributed by atoms with Gasteiger partial charge in [-0.2, -0.15) is 0 Å². The maximum Gasteiger partial charge on any atom is 0.0470 e. The molecule has 1 fully saturated rings. The lowest BCUT2D eigenvalue weighted by Gasteiger charge is -2.36. The van der Waals surface area contributed by atoms with Crippen LogP contribution in [0.4, 0.5) is 0 Å². The van der Waals surface area contributed by atoms with Gasteiger partial charge >= 0.3 is 0 Å². The highest BCUT2D eigenvalue weighted by Gasteiger charge is 2.23. The van der Waals surface area contributed by atoms with Gasteiger partial charge in [-0.05, 0) is 37.4 Å². The molecule has 2 nitrogen and oxygen atoms in total. The third kappa shape index (κ3) is 2.63. The van der Waals surface area contributed by atoms with Crippen LogP contribution in [0.1, 0.15) is 31.4 Å². The Labute approximate surface area is 98.4 Å². The zero-order valence-corrected chi connectivity index (χ0v) is 10.1. The van der Waals surface area contributed by atoms with Gasteiger partial charge in [0.05, 0.1) is 0 Å². The van der Waals surface area contributed by atoms with E-state index in [1.54, 1.807) is 0 Å². The van der Waals surface area contributed by atoms with Crippen molar-refractivity contribution in [3.8, 4) is 0 Å². The highest BCUT2D eigenvalue weighted by molar-refractivity contribution is 5.19. The molecule has 0 saturated carbocycles. The predicted molar refractivity (Wildman–Crippen MR) is 68.2 cm³/mol. The summed E-state index contributed by atoms with van der Waals surface area (Å²) in [6, 6.07) is 11.1. The van der Waals surface area contributed by atoms with Crippen molar-refractivity contribution in [2.24, 2.45) is 11.7 Å². The molecular formula is C14H22N2. The molecule has 2 rings (SSSR count).